The van der Waals surface area contributed by atoms with E-state index in [2.05, 4.69) is 10.6 Å². The van der Waals surface area contributed by atoms with Gasteiger partial charge in [-0.25, -0.2) is 4.79 Å². The molecule has 2 saturated heterocycles. The molecule has 1 atom stereocenters. The second kappa shape index (κ2) is 6.57. The smallest absolute Gasteiger partial charge is 0.317 e. The molecule has 1 unspecified atom stereocenters. The SMILES string of the molecule is O=C(NCc1ccc(Cl)cc1Cl)N1CCC2(CCCNC2=O)C1. The van der Waals surface area contributed by atoms with Crippen molar-refractivity contribution in [2.45, 2.75) is 25.8 Å². The molecule has 2 aliphatic heterocycles. The van der Waals surface area contributed by atoms with Gasteiger partial charge in [-0.15, -0.1) is 0 Å². The molecule has 124 valence electrons. The van der Waals surface area contributed by atoms with Crippen molar-refractivity contribution in [3.63, 3.8) is 0 Å². The predicted molar refractivity (Wildman–Crippen MR) is 89.6 cm³/mol. The van der Waals surface area contributed by atoms with E-state index < -0.39 is 5.41 Å². The fraction of sp³-hybridized carbons (Fsp3) is 0.500. The fourth-order valence-corrected chi connectivity index (χ4v) is 3.79. The quantitative estimate of drug-likeness (QED) is 0.856. The zero-order valence-electron chi connectivity index (χ0n) is 12.7. The summed E-state index contributed by atoms with van der Waals surface area (Å²) in [5, 5.41) is 6.88. The highest BCUT2D eigenvalue weighted by molar-refractivity contribution is 6.35. The van der Waals surface area contributed by atoms with Crippen molar-refractivity contribution in [3.8, 4) is 0 Å². The van der Waals surface area contributed by atoms with E-state index in [4.69, 9.17) is 23.2 Å². The summed E-state index contributed by atoms with van der Waals surface area (Å²) in [5.41, 5.74) is 0.418. The van der Waals surface area contributed by atoms with E-state index >= 15 is 0 Å². The summed E-state index contributed by atoms with van der Waals surface area (Å²) in [6.45, 7) is 2.17. The molecule has 0 radical (unpaired) electrons. The second-order valence-electron chi connectivity index (χ2n) is 6.21. The largest absolute Gasteiger partial charge is 0.356 e. The van der Waals surface area contributed by atoms with Crippen LogP contribution in [0.4, 0.5) is 4.79 Å². The maximum Gasteiger partial charge on any atom is 0.317 e. The summed E-state index contributed by atoms with van der Waals surface area (Å²) in [5.74, 6) is 0.0831. The number of nitrogens with one attached hydrogen (secondary N) is 2. The summed E-state index contributed by atoms with van der Waals surface area (Å²) in [6.07, 6.45) is 2.56. The van der Waals surface area contributed by atoms with Crippen LogP contribution in [0.15, 0.2) is 18.2 Å². The number of halogens is 2. The van der Waals surface area contributed by atoms with Gasteiger partial charge in [0.15, 0.2) is 0 Å². The number of nitrogens with zero attached hydrogens (tertiary/aromatic N) is 1. The number of likely N-dealkylation sites (tertiary alicyclic amines) is 1. The molecule has 0 aromatic heterocycles. The minimum atomic E-state index is -0.395. The van der Waals surface area contributed by atoms with E-state index in [-0.39, 0.29) is 11.9 Å². The van der Waals surface area contributed by atoms with Crippen LogP contribution in [0.3, 0.4) is 0 Å². The van der Waals surface area contributed by atoms with Gasteiger partial charge in [-0.3, -0.25) is 4.79 Å². The normalized spacial score (nSPS) is 23.9. The molecule has 0 aliphatic carbocycles. The highest BCUT2D eigenvalue weighted by Gasteiger charge is 2.46. The third-order valence-corrected chi connectivity index (χ3v) is 5.27. The first-order valence-electron chi connectivity index (χ1n) is 7.75. The van der Waals surface area contributed by atoms with Crippen LogP contribution in [0.25, 0.3) is 0 Å². The second-order valence-corrected chi connectivity index (χ2v) is 7.05. The summed E-state index contributed by atoms with van der Waals surface area (Å²) in [6, 6.07) is 5.03. The van der Waals surface area contributed by atoms with Crippen molar-refractivity contribution >= 4 is 35.1 Å². The number of amides is 3. The lowest BCUT2D eigenvalue weighted by Gasteiger charge is -2.32. The minimum Gasteiger partial charge on any atom is -0.356 e. The zero-order valence-corrected chi connectivity index (χ0v) is 14.2. The Kier molecular flexibility index (Phi) is 4.69. The first kappa shape index (κ1) is 16.4. The lowest BCUT2D eigenvalue weighted by atomic mass is 9.79. The standard InChI is InChI=1S/C16H19Cl2N3O2/c17-12-3-2-11(13(18)8-12)9-20-15(23)21-7-5-16(10-21)4-1-6-19-14(16)22/h2-3,8H,1,4-7,9-10H2,(H,19,22)(H,20,23). The Balaban J connectivity index is 1.58. The Labute approximate surface area is 145 Å². The number of carbonyl (C=O) groups is 2. The van der Waals surface area contributed by atoms with Gasteiger partial charge < -0.3 is 15.5 Å². The molecule has 7 heteroatoms. The first-order valence-corrected chi connectivity index (χ1v) is 8.51. The molecule has 2 fully saturated rings. The number of carbonyl (C=O) groups excluding carboxylic acids is 2. The Morgan fingerprint density at radius 3 is 2.91 bits per heavy atom. The number of hydrogen-bond donors (Lipinski definition) is 2. The number of rotatable bonds is 2. The van der Waals surface area contributed by atoms with Crippen LogP contribution in [-0.2, 0) is 11.3 Å². The fourth-order valence-electron chi connectivity index (χ4n) is 3.31. The van der Waals surface area contributed by atoms with E-state index in [0.29, 0.717) is 29.7 Å². The van der Waals surface area contributed by atoms with Gasteiger partial charge in [0.2, 0.25) is 5.91 Å². The van der Waals surface area contributed by atoms with Gasteiger partial charge in [0.25, 0.3) is 0 Å². The molecule has 0 bridgehead atoms. The lowest BCUT2D eigenvalue weighted by molar-refractivity contribution is -0.132. The van der Waals surface area contributed by atoms with E-state index in [9.17, 15) is 9.59 Å². The molecule has 2 aliphatic rings. The van der Waals surface area contributed by atoms with Crippen LogP contribution in [0.1, 0.15) is 24.8 Å². The maximum absolute atomic E-state index is 12.3. The molecule has 3 amide bonds. The molecule has 3 rings (SSSR count). The number of urea groups is 1. The molecule has 1 spiro atoms. The van der Waals surface area contributed by atoms with Crippen LogP contribution in [0.2, 0.25) is 10.0 Å². The Morgan fingerprint density at radius 2 is 2.17 bits per heavy atom. The summed E-state index contributed by atoms with van der Waals surface area (Å²) >= 11 is 12.0. The predicted octanol–water partition coefficient (Wildman–Crippen LogP) is 2.81. The zero-order chi connectivity index (χ0) is 16.4. The van der Waals surface area contributed by atoms with Gasteiger partial charge in [-0.1, -0.05) is 29.3 Å². The average molecular weight is 356 g/mol. The molecule has 1 aromatic carbocycles. The molecule has 2 N–H and O–H groups in total. The third kappa shape index (κ3) is 3.40. The van der Waals surface area contributed by atoms with Gasteiger partial charge in [0.1, 0.15) is 0 Å². The molecule has 2 heterocycles. The van der Waals surface area contributed by atoms with Crippen LogP contribution >= 0.6 is 23.2 Å². The van der Waals surface area contributed by atoms with Crippen molar-refractivity contribution in [1.82, 2.24) is 15.5 Å². The Bertz CT molecular complexity index is 638. The van der Waals surface area contributed by atoms with E-state index in [1.54, 1.807) is 23.1 Å². The molecular formula is C16H19Cl2N3O2. The average Bonchev–Trinajstić information content (AvgIpc) is 2.95. The Morgan fingerprint density at radius 1 is 1.35 bits per heavy atom. The summed E-state index contributed by atoms with van der Waals surface area (Å²) in [4.78, 5) is 26.2. The lowest BCUT2D eigenvalue weighted by Crippen LogP contribution is -2.48. The topological polar surface area (TPSA) is 61.4 Å². The first-order chi connectivity index (χ1) is 11.0. The van der Waals surface area contributed by atoms with E-state index in [1.165, 1.54) is 0 Å². The molecule has 23 heavy (non-hydrogen) atoms. The van der Waals surface area contributed by atoms with Crippen molar-refractivity contribution in [1.29, 1.82) is 0 Å². The van der Waals surface area contributed by atoms with Crippen molar-refractivity contribution < 1.29 is 9.59 Å². The van der Waals surface area contributed by atoms with Crippen molar-refractivity contribution in [3.05, 3.63) is 33.8 Å². The monoisotopic (exact) mass is 355 g/mol. The molecule has 5 nitrogen and oxygen atoms in total. The summed E-state index contributed by atoms with van der Waals surface area (Å²) in [7, 11) is 0. The van der Waals surface area contributed by atoms with Gasteiger partial charge in [-0.2, -0.15) is 0 Å². The molecule has 0 saturated carbocycles. The van der Waals surface area contributed by atoms with Crippen molar-refractivity contribution in [2.24, 2.45) is 5.41 Å². The van der Waals surface area contributed by atoms with Crippen LogP contribution in [0.5, 0.6) is 0 Å². The maximum atomic E-state index is 12.3. The van der Waals surface area contributed by atoms with Crippen LogP contribution < -0.4 is 10.6 Å². The number of hydrogen-bond acceptors (Lipinski definition) is 2. The third-order valence-electron chi connectivity index (χ3n) is 4.69. The van der Waals surface area contributed by atoms with Gasteiger partial charge in [-0.05, 0) is 37.0 Å². The van der Waals surface area contributed by atoms with Crippen LogP contribution in [-0.4, -0.2) is 36.5 Å². The molecule has 1 aromatic rings. The van der Waals surface area contributed by atoms with Gasteiger partial charge in [0, 0.05) is 36.2 Å². The van der Waals surface area contributed by atoms with Crippen LogP contribution in [0, 0.1) is 5.41 Å². The van der Waals surface area contributed by atoms with E-state index in [0.717, 1.165) is 31.4 Å². The highest BCUT2D eigenvalue weighted by Crippen LogP contribution is 2.37. The number of piperidine rings is 1. The molecular weight excluding hydrogens is 337 g/mol. The van der Waals surface area contributed by atoms with Gasteiger partial charge in [0.05, 0.1) is 5.41 Å². The van der Waals surface area contributed by atoms with Gasteiger partial charge >= 0.3 is 6.03 Å². The van der Waals surface area contributed by atoms with E-state index in [1.807, 2.05) is 0 Å². The summed E-state index contributed by atoms with van der Waals surface area (Å²) < 4.78 is 0. The number of benzene rings is 1. The minimum absolute atomic E-state index is 0.0831. The van der Waals surface area contributed by atoms with Crippen molar-refractivity contribution in [2.75, 3.05) is 19.6 Å². The highest BCUT2D eigenvalue weighted by atomic mass is 35.5. The Hall–Kier alpha value is -1.46.